The van der Waals surface area contributed by atoms with Crippen LogP contribution in [0.25, 0.3) is 11.0 Å². The Balaban J connectivity index is 0.00000144. The summed E-state index contributed by atoms with van der Waals surface area (Å²) in [5.74, 6) is -0.0386. The van der Waals surface area contributed by atoms with Crippen LogP contribution in [0.3, 0.4) is 0 Å². The molecular formula is C11H14ClN3O2. The highest BCUT2D eigenvalue weighted by atomic mass is 35.5. The Hall–Kier alpha value is -1.62. The molecule has 2 aromatic heterocycles. The number of halogens is 1. The number of carbonyl (C=O) groups excluding carboxylic acids is 1. The van der Waals surface area contributed by atoms with Gasteiger partial charge in [0.25, 0.3) is 0 Å². The van der Waals surface area contributed by atoms with Crippen molar-refractivity contribution in [1.82, 2.24) is 15.0 Å². The van der Waals surface area contributed by atoms with E-state index in [1.807, 2.05) is 0 Å². The molecule has 92 valence electrons. The highest BCUT2D eigenvalue weighted by Gasteiger charge is 2.19. The van der Waals surface area contributed by atoms with Crippen LogP contribution in [0.4, 0.5) is 0 Å². The van der Waals surface area contributed by atoms with Gasteiger partial charge in [0.15, 0.2) is 0 Å². The zero-order valence-corrected chi connectivity index (χ0v) is 10.5. The molecule has 0 amide bonds. The van der Waals surface area contributed by atoms with Crippen molar-refractivity contribution in [3.8, 4) is 0 Å². The van der Waals surface area contributed by atoms with Crippen LogP contribution >= 0.6 is 12.4 Å². The monoisotopic (exact) mass is 255 g/mol. The number of H-pyrrole nitrogens is 1. The third kappa shape index (κ3) is 2.74. The Morgan fingerprint density at radius 2 is 2.35 bits per heavy atom. The third-order valence-electron chi connectivity index (χ3n) is 2.35. The van der Waals surface area contributed by atoms with Crippen LogP contribution in [-0.4, -0.2) is 27.5 Å². The number of aromatic amines is 1. The molecule has 0 spiro atoms. The van der Waals surface area contributed by atoms with Crippen LogP contribution in [0.5, 0.6) is 0 Å². The number of hydrogen-bond acceptors (Lipinski definition) is 4. The Morgan fingerprint density at radius 1 is 1.59 bits per heavy atom. The second-order valence-electron chi connectivity index (χ2n) is 3.49. The van der Waals surface area contributed by atoms with E-state index in [0.717, 1.165) is 11.0 Å². The first-order valence-electron chi connectivity index (χ1n) is 5.18. The van der Waals surface area contributed by atoms with E-state index in [-0.39, 0.29) is 24.3 Å². The molecule has 0 aromatic carbocycles. The molecule has 0 radical (unpaired) electrons. The van der Waals surface area contributed by atoms with E-state index in [1.54, 1.807) is 32.3 Å². The Kier molecular flexibility index (Phi) is 4.45. The molecule has 2 rings (SSSR count). The van der Waals surface area contributed by atoms with Crippen molar-refractivity contribution in [1.29, 1.82) is 0 Å². The minimum absolute atomic E-state index is 0. The number of imidazole rings is 1. The number of fused-ring (bicyclic) bond motifs is 1. The summed E-state index contributed by atoms with van der Waals surface area (Å²) < 4.78 is 4.94. The summed E-state index contributed by atoms with van der Waals surface area (Å²) in [6.45, 7) is 3.93. The summed E-state index contributed by atoms with van der Waals surface area (Å²) in [5.41, 5.74) is 1.63. The molecule has 0 fully saturated rings. The lowest BCUT2D eigenvalue weighted by molar-refractivity contribution is -0.144. The number of carbonyl (C=O) groups is 1. The molecule has 2 heterocycles. The van der Waals surface area contributed by atoms with Crippen molar-refractivity contribution < 1.29 is 9.53 Å². The first-order valence-corrected chi connectivity index (χ1v) is 5.18. The first-order chi connectivity index (χ1) is 7.72. The van der Waals surface area contributed by atoms with Gasteiger partial charge in [-0.15, -0.1) is 12.4 Å². The number of hydrogen-bond donors (Lipinski definition) is 1. The normalized spacial score (nSPS) is 11.9. The lowest BCUT2D eigenvalue weighted by atomic mass is 10.2. The maximum atomic E-state index is 11.5. The van der Waals surface area contributed by atoms with Crippen molar-refractivity contribution in [3.05, 3.63) is 24.3 Å². The maximum absolute atomic E-state index is 11.5. The van der Waals surface area contributed by atoms with Gasteiger partial charge in [0.05, 0.1) is 23.8 Å². The molecule has 0 bridgehead atoms. The molecule has 0 aliphatic heterocycles. The predicted octanol–water partition coefficient (Wildman–Crippen LogP) is 2.05. The summed E-state index contributed by atoms with van der Waals surface area (Å²) in [7, 11) is 0. The second kappa shape index (κ2) is 5.63. The molecule has 0 saturated carbocycles. The minimum Gasteiger partial charge on any atom is -0.465 e. The van der Waals surface area contributed by atoms with Gasteiger partial charge in [0.2, 0.25) is 0 Å². The second-order valence-corrected chi connectivity index (χ2v) is 3.49. The highest BCUT2D eigenvalue weighted by Crippen LogP contribution is 2.17. The number of rotatable bonds is 3. The molecule has 6 heteroatoms. The molecule has 17 heavy (non-hydrogen) atoms. The van der Waals surface area contributed by atoms with Gasteiger partial charge in [-0.2, -0.15) is 0 Å². The maximum Gasteiger partial charge on any atom is 0.316 e. The van der Waals surface area contributed by atoms with E-state index in [1.165, 1.54) is 0 Å². The van der Waals surface area contributed by atoms with Crippen LogP contribution in [-0.2, 0) is 9.53 Å². The lowest BCUT2D eigenvalue weighted by Gasteiger charge is -2.06. The van der Waals surface area contributed by atoms with Crippen molar-refractivity contribution in [2.45, 2.75) is 19.8 Å². The summed E-state index contributed by atoms with van der Waals surface area (Å²) in [6, 6.07) is 1.80. The van der Waals surface area contributed by atoms with Crippen molar-refractivity contribution in [3.63, 3.8) is 0 Å². The molecule has 2 aromatic rings. The fourth-order valence-electron chi connectivity index (χ4n) is 1.46. The van der Waals surface area contributed by atoms with E-state index in [9.17, 15) is 4.79 Å². The van der Waals surface area contributed by atoms with Crippen LogP contribution in [0.15, 0.2) is 18.5 Å². The van der Waals surface area contributed by atoms with Crippen LogP contribution in [0, 0.1) is 0 Å². The van der Waals surface area contributed by atoms with Gasteiger partial charge in [0.1, 0.15) is 11.7 Å². The van der Waals surface area contributed by atoms with E-state index < -0.39 is 0 Å². The third-order valence-corrected chi connectivity index (χ3v) is 2.35. The zero-order valence-electron chi connectivity index (χ0n) is 9.64. The Labute approximate surface area is 105 Å². The van der Waals surface area contributed by atoms with Gasteiger partial charge in [-0.05, 0) is 19.9 Å². The molecular weight excluding hydrogens is 242 g/mol. The lowest BCUT2D eigenvalue weighted by Crippen LogP contribution is -2.14. The average Bonchev–Trinajstić information content (AvgIpc) is 2.71. The number of esters is 1. The smallest absolute Gasteiger partial charge is 0.316 e. The van der Waals surface area contributed by atoms with E-state index in [4.69, 9.17) is 4.74 Å². The van der Waals surface area contributed by atoms with E-state index in [2.05, 4.69) is 15.0 Å². The molecule has 5 nitrogen and oxygen atoms in total. The van der Waals surface area contributed by atoms with Gasteiger partial charge in [-0.1, -0.05) is 0 Å². The SMILES string of the molecule is CCOC(=O)C(C)c1nc2ccncc2[nH]1.Cl. The minimum atomic E-state index is -0.382. The van der Waals surface area contributed by atoms with Crippen molar-refractivity contribution in [2.24, 2.45) is 0 Å². The van der Waals surface area contributed by atoms with Gasteiger partial charge >= 0.3 is 5.97 Å². The molecule has 1 N–H and O–H groups in total. The van der Waals surface area contributed by atoms with Crippen LogP contribution < -0.4 is 0 Å². The van der Waals surface area contributed by atoms with Crippen LogP contribution in [0.2, 0.25) is 0 Å². The number of aromatic nitrogens is 3. The summed E-state index contributed by atoms with van der Waals surface area (Å²) in [6.07, 6.45) is 3.35. The average molecular weight is 256 g/mol. The molecule has 0 aliphatic rings. The summed E-state index contributed by atoms with van der Waals surface area (Å²) in [4.78, 5) is 22.9. The van der Waals surface area contributed by atoms with Crippen LogP contribution in [0.1, 0.15) is 25.6 Å². The highest BCUT2D eigenvalue weighted by molar-refractivity contribution is 5.85. The Morgan fingerprint density at radius 3 is 3.00 bits per heavy atom. The number of nitrogens with zero attached hydrogens (tertiary/aromatic N) is 2. The van der Waals surface area contributed by atoms with Crippen molar-refractivity contribution in [2.75, 3.05) is 6.61 Å². The summed E-state index contributed by atoms with van der Waals surface area (Å²) >= 11 is 0. The largest absolute Gasteiger partial charge is 0.465 e. The quantitative estimate of drug-likeness (QED) is 0.853. The van der Waals surface area contributed by atoms with E-state index in [0.29, 0.717) is 12.4 Å². The number of nitrogens with one attached hydrogen (secondary N) is 1. The molecule has 1 atom stereocenters. The topological polar surface area (TPSA) is 67.9 Å². The number of ether oxygens (including phenoxy) is 1. The standard InChI is InChI=1S/C11H13N3O2.ClH/c1-3-16-11(15)7(2)10-13-8-4-5-12-6-9(8)14-10;/h4-7H,3H2,1-2H3,(H,13,14);1H. The van der Waals surface area contributed by atoms with Gasteiger partial charge < -0.3 is 9.72 Å². The molecule has 1 unspecified atom stereocenters. The fraction of sp³-hybridized carbons (Fsp3) is 0.364. The summed E-state index contributed by atoms with van der Waals surface area (Å²) in [5, 5.41) is 0. The fourth-order valence-corrected chi connectivity index (χ4v) is 1.46. The predicted molar refractivity (Wildman–Crippen MR) is 66.2 cm³/mol. The zero-order chi connectivity index (χ0) is 11.5. The number of pyridine rings is 1. The van der Waals surface area contributed by atoms with Crippen molar-refractivity contribution >= 4 is 29.4 Å². The van der Waals surface area contributed by atoms with E-state index >= 15 is 0 Å². The van der Waals surface area contributed by atoms with Gasteiger partial charge in [0, 0.05) is 6.20 Å². The Bertz CT molecular complexity index is 479. The van der Waals surface area contributed by atoms with Gasteiger partial charge in [-0.3, -0.25) is 9.78 Å². The molecule has 0 aliphatic carbocycles. The first kappa shape index (κ1) is 13.4. The van der Waals surface area contributed by atoms with Gasteiger partial charge in [-0.25, -0.2) is 4.98 Å². The molecule has 0 saturated heterocycles.